The van der Waals surface area contributed by atoms with Crippen LogP contribution < -0.4 is 14.8 Å². The van der Waals surface area contributed by atoms with E-state index in [1.807, 2.05) is 30.3 Å². The Bertz CT molecular complexity index is 645. The largest absolute Gasteiger partial charge is 0.493 e. The van der Waals surface area contributed by atoms with Gasteiger partial charge in [0.25, 0.3) is 0 Å². The lowest BCUT2D eigenvalue weighted by Crippen LogP contribution is -2.20. The van der Waals surface area contributed by atoms with Crippen LogP contribution in [0, 0.1) is 5.82 Å². The number of ether oxygens (including phenoxy) is 2. The maximum atomic E-state index is 14.1. The number of methoxy groups -OCH3 is 2. The summed E-state index contributed by atoms with van der Waals surface area (Å²) < 4.78 is 25.0. The van der Waals surface area contributed by atoms with Gasteiger partial charge in [-0.1, -0.05) is 52.8 Å². The third kappa shape index (κ3) is 3.25. The first-order chi connectivity index (χ1) is 10.6. The molecule has 0 heterocycles. The number of hydrogen-bond acceptors (Lipinski definition) is 2. The van der Waals surface area contributed by atoms with Gasteiger partial charge in [0.1, 0.15) is 5.82 Å². The Hall–Kier alpha value is -1.60. The minimum absolute atomic E-state index is 0.151. The molecule has 0 spiro atoms. The molecule has 0 N–H and O–H groups in total. The minimum Gasteiger partial charge on any atom is -0.493 e. The molecule has 0 aliphatic heterocycles. The molecule has 2 atom stereocenters. The summed E-state index contributed by atoms with van der Waals surface area (Å²) in [5.41, 5.74) is 1.05. The summed E-state index contributed by atoms with van der Waals surface area (Å²) in [6, 6.07) is 12.8. The van der Waals surface area contributed by atoms with Gasteiger partial charge in [0, 0.05) is 16.0 Å². The molecule has 2 aromatic carbocycles. The molecule has 0 amide bonds. The Morgan fingerprint density at radius 3 is 2.36 bits per heavy atom. The van der Waals surface area contributed by atoms with E-state index < -0.39 is 0 Å². The second-order valence-electron chi connectivity index (χ2n) is 5.33. The average Bonchev–Trinajstić information content (AvgIpc) is 2.56. The molecule has 0 saturated heterocycles. The van der Waals surface area contributed by atoms with E-state index in [0.717, 1.165) is 23.0 Å². The fraction of sp³-hybridized carbons (Fsp3) is 0.333. The molecule has 2 rings (SSSR count). The number of hydrogen-bond donors (Lipinski definition) is 0. The molecule has 2 nitrogen and oxygen atoms in total. The van der Waals surface area contributed by atoms with Crippen molar-refractivity contribution in [1.82, 2.24) is 0 Å². The summed E-state index contributed by atoms with van der Waals surface area (Å²) in [6.45, 7) is 4.27. The fourth-order valence-corrected chi connectivity index (χ4v) is 4.01. The van der Waals surface area contributed by atoms with Crippen LogP contribution in [0.3, 0.4) is 0 Å². The van der Waals surface area contributed by atoms with Crippen molar-refractivity contribution < 1.29 is 13.9 Å². The van der Waals surface area contributed by atoms with Crippen molar-refractivity contribution in [3.8, 4) is 11.5 Å². The van der Waals surface area contributed by atoms with Gasteiger partial charge in [0.05, 0.1) is 14.2 Å². The zero-order valence-electron chi connectivity index (χ0n) is 13.4. The van der Waals surface area contributed by atoms with E-state index in [-0.39, 0.29) is 11.0 Å². The molecule has 2 aromatic rings. The standard InChI is InChI=1S/C18H22FO2P/c1-5-18(2,22-16-12-7-6-10-14(16)19)13-9-8-11-15(20-3)17(13)21-4/h6-12,22H,5H2,1-4H3. The lowest BCUT2D eigenvalue weighted by Gasteiger charge is -2.31. The van der Waals surface area contributed by atoms with Crippen LogP contribution in [0.1, 0.15) is 25.8 Å². The number of para-hydroxylation sites is 1. The predicted octanol–water partition coefficient (Wildman–Crippen LogP) is 4.47. The first-order valence-corrected chi connectivity index (χ1v) is 8.30. The van der Waals surface area contributed by atoms with Crippen molar-refractivity contribution >= 4 is 13.9 Å². The van der Waals surface area contributed by atoms with Crippen molar-refractivity contribution in [3.63, 3.8) is 0 Å². The molecule has 0 saturated carbocycles. The summed E-state index contributed by atoms with van der Waals surface area (Å²) in [4.78, 5) is 0. The Morgan fingerprint density at radius 2 is 1.77 bits per heavy atom. The van der Waals surface area contributed by atoms with Crippen molar-refractivity contribution in [1.29, 1.82) is 0 Å². The number of rotatable bonds is 6. The van der Waals surface area contributed by atoms with Gasteiger partial charge in [0.2, 0.25) is 0 Å². The van der Waals surface area contributed by atoms with E-state index in [9.17, 15) is 4.39 Å². The number of benzene rings is 2. The molecule has 22 heavy (non-hydrogen) atoms. The SMILES string of the molecule is CCC(C)(Pc1ccccc1F)c1cccc(OC)c1OC. The van der Waals surface area contributed by atoms with E-state index in [4.69, 9.17) is 9.47 Å². The highest BCUT2D eigenvalue weighted by atomic mass is 31.1. The van der Waals surface area contributed by atoms with Crippen molar-refractivity contribution in [3.05, 3.63) is 53.8 Å². The molecule has 118 valence electrons. The molecule has 0 aliphatic carbocycles. The van der Waals surface area contributed by atoms with Gasteiger partial charge >= 0.3 is 0 Å². The maximum absolute atomic E-state index is 14.1. The normalized spacial score (nSPS) is 14.0. The summed E-state index contributed by atoms with van der Waals surface area (Å²) in [5, 5.41) is 0.541. The van der Waals surface area contributed by atoms with Gasteiger partial charge in [-0.2, -0.15) is 0 Å². The van der Waals surface area contributed by atoms with Crippen molar-refractivity contribution in [2.24, 2.45) is 0 Å². The van der Waals surface area contributed by atoms with Crippen LogP contribution in [0.5, 0.6) is 11.5 Å². The molecule has 0 aromatic heterocycles. The lowest BCUT2D eigenvalue weighted by atomic mass is 9.96. The summed E-state index contributed by atoms with van der Waals surface area (Å²) in [7, 11) is 3.58. The molecule has 0 radical (unpaired) electrons. The zero-order chi connectivity index (χ0) is 16.2. The molecule has 4 heteroatoms. The highest BCUT2D eigenvalue weighted by molar-refractivity contribution is 7.48. The molecule has 0 fully saturated rings. The predicted molar refractivity (Wildman–Crippen MR) is 91.5 cm³/mol. The van der Waals surface area contributed by atoms with E-state index in [2.05, 4.69) is 13.8 Å². The van der Waals surface area contributed by atoms with Crippen LogP contribution in [-0.2, 0) is 5.16 Å². The Balaban J connectivity index is 2.49. The monoisotopic (exact) mass is 320 g/mol. The Labute approximate surface area is 133 Å². The maximum Gasteiger partial charge on any atom is 0.164 e. The van der Waals surface area contributed by atoms with E-state index in [1.165, 1.54) is 6.07 Å². The highest BCUT2D eigenvalue weighted by Crippen LogP contribution is 2.49. The average molecular weight is 320 g/mol. The second-order valence-corrected chi connectivity index (χ2v) is 7.22. The summed E-state index contributed by atoms with van der Waals surface area (Å²) in [5.74, 6) is 1.29. The summed E-state index contributed by atoms with van der Waals surface area (Å²) in [6.07, 6.45) is 0.878. The van der Waals surface area contributed by atoms with Crippen molar-refractivity contribution in [2.75, 3.05) is 14.2 Å². The Kier molecular flexibility index (Phi) is 5.42. The van der Waals surface area contributed by atoms with E-state index in [1.54, 1.807) is 20.3 Å². The van der Waals surface area contributed by atoms with E-state index in [0.29, 0.717) is 14.3 Å². The van der Waals surface area contributed by atoms with Crippen LogP contribution in [-0.4, -0.2) is 14.2 Å². The smallest absolute Gasteiger partial charge is 0.164 e. The van der Waals surface area contributed by atoms with Gasteiger partial charge in [-0.25, -0.2) is 4.39 Å². The Morgan fingerprint density at radius 1 is 1.05 bits per heavy atom. The van der Waals surface area contributed by atoms with Crippen LogP contribution in [0.15, 0.2) is 42.5 Å². The second kappa shape index (κ2) is 7.11. The molecule has 0 aliphatic rings. The van der Waals surface area contributed by atoms with Gasteiger partial charge in [-0.15, -0.1) is 0 Å². The third-order valence-electron chi connectivity index (χ3n) is 3.99. The fourth-order valence-electron chi connectivity index (χ4n) is 2.53. The van der Waals surface area contributed by atoms with Crippen LogP contribution in [0.2, 0.25) is 0 Å². The molecule has 0 bridgehead atoms. The van der Waals surface area contributed by atoms with Crippen LogP contribution >= 0.6 is 8.58 Å². The topological polar surface area (TPSA) is 18.5 Å². The first-order valence-electron chi connectivity index (χ1n) is 7.30. The molecular formula is C18H22FO2P. The van der Waals surface area contributed by atoms with Crippen molar-refractivity contribution in [2.45, 2.75) is 25.4 Å². The number of halogens is 1. The van der Waals surface area contributed by atoms with Gasteiger partial charge < -0.3 is 9.47 Å². The van der Waals surface area contributed by atoms with Crippen LogP contribution in [0.25, 0.3) is 0 Å². The third-order valence-corrected chi connectivity index (χ3v) is 5.84. The minimum atomic E-state index is -0.206. The van der Waals surface area contributed by atoms with E-state index >= 15 is 0 Å². The molecular weight excluding hydrogens is 298 g/mol. The van der Waals surface area contributed by atoms with Gasteiger partial charge in [-0.3, -0.25) is 0 Å². The summed E-state index contributed by atoms with van der Waals surface area (Å²) >= 11 is 0. The lowest BCUT2D eigenvalue weighted by molar-refractivity contribution is 0.348. The zero-order valence-corrected chi connectivity index (χ0v) is 14.4. The highest BCUT2D eigenvalue weighted by Gasteiger charge is 2.30. The quantitative estimate of drug-likeness (QED) is 0.731. The molecule has 2 unspecified atom stereocenters. The van der Waals surface area contributed by atoms with Crippen LogP contribution in [0.4, 0.5) is 4.39 Å². The van der Waals surface area contributed by atoms with Gasteiger partial charge in [0.15, 0.2) is 11.5 Å². The first kappa shape index (κ1) is 16.8. The van der Waals surface area contributed by atoms with Gasteiger partial charge in [-0.05, 0) is 18.6 Å².